The summed E-state index contributed by atoms with van der Waals surface area (Å²) in [5.74, 6) is 0.299. The van der Waals surface area contributed by atoms with Crippen molar-refractivity contribution in [3.05, 3.63) is 29.8 Å². The van der Waals surface area contributed by atoms with E-state index in [-0.39, 0.29) is 18.4 Å². The molecule has 0 fully saturated rings. The standard InChI is InChI=1S/C12H19NO.ClH/c1-2-3-4-8-12(13)10-6-5-7-11(14)9-10;/h5-7,9,12,14H,2-4,8,13H2,1H3;1H/t12-;/m0./s1. The number of benzene rings is 1. The van der Waals surface area contributed by atoms with Crippen molar-refractivity contribution in [2.45, 2.75) is 38.6 Å². The number of aromatic hydroxyl groups is 1. The maximum atomic E-state index is 9.28. The SMILES string of the molecule is CCCCC[C@H](N)c1cccc(O)c1.Cl. The van der Waals surface area contributed by atoms with Gasteiger partial charge in [-0.1, -0.05) is 38.3 Å². The van der Waals surface area contributed by atoms with Gasteiger partial charge in [0, 0.05) is 6.04 Å². The van der Waals surface area contributed by atoms with Crippen LogP contribution in [-0.2, 0) is 0 Å². The fraction of sp³-hybridized carbons (Fsp3) is 0.500. The van der Waals surface area contributed by atoms with E-state index in [0.717, 1.165) is 18.4 Å². The van der Waals surface area contributed by atoms with Crippen LogP contribution in [0.2, 0.25) is 0 Å². The van der Waals surface area contributed by atoms with E-state index in [2.05, 4.69) is 6.92 Å². The van der Waals surface area contributed by atoms with Crippen molar-refractivity contribution in [1.82, 2.24) is 0 Å². The Balaban J connectivity index is 0.00000196. The lowest BCUT2D eigenvalue weighted by Crippen LogP contribution is -2.09. The molecule has 0 amide bonds. The van der Waals surface area contributed by atoms with Gasteiger partial charge in [-0.25, -0.2) is 0 Å². The summed E-state index contributed by atoms with van der Waals surface area (Å²) in [6.07, 6.45) is 4.60. The zero-order chi connectivity index (χ0) is 10.4. The lowest BCUT2D eigenvalue weighted by atomic mass is 10.0. The molecule has 15 heavy (non-hydrogen) atoms. The first kappa shape index (κ1) is 14.3. The molecule has 0 aliphatic rings. The third-order valence-corrected chi connectivity index (χ3v) is 2.42. The number of hydrogen-bond donors (Lipinski definition) is 2. The molecule has 1 atom stereocenters. The fourth-order valence-corrected chi connectivity index (χ4v) is 1.54. The maximum Gasteiger partial charge on any atom is 0.115 e. The largest absolute Gasteiger partial charge is 0.508 e. The second-order valence-electron chi connectivity index (χ2n) is 3.70. The van der Waals surface area contributed by atoms with Crippen molar-refractivity contribution in [2.24, 2.45) is 5.73 Å². The van der Waals surface area contributed by atoms with Crippen molar-refractivity contribution < 1.29 is 5.11 Å². The van der Waals surface area contributed by atoms with Crippen LogP contribution in [0.15, 0.2) is 24.3 Å². The molecule has 0 aromatic heterocycles. The summed E-state index contributed by atoms with van der Waals surface area (Å²) in [5, 5.41) is 9.28. The van der Waals surface area contributed by atoms with Gasteiger partial charge in [0.2, 0.25) is 0 Å². The smallest absolute Gasteiger partial charge is 0.115 e. The van der Waals surface area contributed by atoms with Crippen LogP contribution in [0.4, 0.5) is 0 Å². The van der Waals surface area contributed by atoms with E-state index in [9.17, 15) is 5.11 Å². The summed E-state index contributed by atoms with van der Waals surface area (Å²) in [6.45, 7) is 2.18. The van der Waals surface area contributed by atoms with E-state index < -0.39 is 0 Å². The van der Waals surface area contributed by atoms with Gasteiger partial charge >= 0.3 is 0 Å². The Hall–Kier alpha value is -0.730. The second kappa shape index (κ2) is 7.55. The minimum absolute atomic E-state index is 0. The first-order valence-electron chi connectivity index (χ1n) is 5.28. The number of hydrogen-bond acceptors (Lipinski definition) is 2. The normalized spacial score (nSPS) is 11.9. The van der Waals surface area contributed by atoms with Crippen LogP contribution in [0.25, 0.3) is 0 Å². The van der Waals surface area contributed by atoms with Gasteiger partial charge < -0.3 is 10.8 Å². The molecule has 0 heterocycles. The lowest BCUT2D eigenvalue weighted by molar-refractivity contribution is 0.472. The van der Waals surface area contributed by atoms with Crippen LogP contribution < -0.4 is 5.73 Å². The molecule has 0 unspecified atom stereocenters. The van der Waals surface area contributed by atoms with E-state index in [1.807, 2.05) is 12.1 Å². The summed E-state index contributed by atoms with van der Waals surface area (Å²) in [7, 11) is 0. The Labute approximate surface area is 97.9 Å². The predicted octanol–water partition coefficient (Wildman–Crippen LogP) is 3.39. The Kier molecular flexibility index (Phi) is 7.18. The first-order valence-corrected chi connectivity index (χ1v) is 5.28. The fourth-order valence-electron chi connectivity index (χ4n) is 1.54. The number of phenolic OH excluding ortho intramolecular Hbond substituents is 1. The average molecular weight is 230 g/mol. The number of nitrogens with two attached hydrogens (primary N) is 1. The molecule has 0 spiro atoms. The molecule has 2 nitrogen and oxygen atoms in total. The van der Waals surface area contributed by atoms with Gasteiger partial charge in [-0.15, -0.1) is 12.4 Å². The molecule has 0 aliphatic heterocycles. The van der Waals surface area contributed by atoms with Crippen LogP contribution >= 0.6 is 12.4 Å². The summed E-state index contributed by atoms with van der Waals surface area (Å²) in [4.78, 5) is 0. The minimum atomic E-state index is 0. The van der Waals surface area contributed by atoms with Gasteiger partial charge in [0.25, 0.3) is 0 Å². The van der Waals surface area contributed by atoms with Crippen LogP contribution in [-0.4, -0.2) is 5.11 Å². The first-order chi connectivity index (χ1) is 6.74. The number of halogens is 1. The Bertz CT molecular complexity index is 278. The van der Waals surface area contributed by atoms with Gasteiger partial charge in [0.05, 0.1) is 0 Å². The summed E-state index contributed by atoms with van der Waals surface area (Å²) in [6, 6.07) is 7.29. The van der Waals surface area contributed by atoms with Crippen molar-refractivity contribution in [3.8, 4) is 5.75 Å². The molecular weight excluding hydrogens is 210 g/mol. The molecule has 3 N–H and O–H groups in total. The number of rotatable bonds is 5. The molecule has 86 valence electrons. The molecule has 0 aliphatic carbocycles. The topological polar surface area (TPSA) is 46.2 Å². The Morgan fingerprint density at radius 3 is 2.67 bits per heavy atom. The third-order valence-electron chi connectivity index (χ3n) is 2.42. The molecule has 3 heteroatoms. The third kappa shape index (κ3) is 5.05. The van der Waals surface area contributed by atoms with Gasteiger partial charge in [0.15, 0.2) is 0 Å². The molecule has 0 radical (unpaired) electrons. The van der Waals surface area contributed by atoms with E-state index in [1.54, 1.807) is 12.1 Å². The molecule has 1 rings (SSSR count). The Morgan fingerprint density at radius 2 is 2.07 bits per heavy atom. The van der Waals surface area contributed by atoms with E-state index in [4.69, 9.17) is 5.73 Å². The summed E-state index contributed by atoms with van der Waals surface area (Å²) >= 11 is 0. The highest BCUT2D eigenvalue weighted by atomic mass is 35.5. The molecule has 0 saturated carbocycles. The van der Waals surface area contributed by atoms with E-state index >= 15 is 0 Å². The van der Waals surface area contributed by atoms with Crippen LogP contribution in [0, 0.1) is 0 Å². The van der Waals surface area contributed by atoms with Crippen molar-refractivity contribution >= 4 is 12.4 Å². The zero-order valence-corrected chi connectivity index (χ0v) is 9.96. The summed E-state index contributed by atoms with van der Waals surface area (Å²) < 4.78 is 0. The van der Waals surface area contributed by atoms with Crippen molar-refractivity contribution in [2.75, 3.05) is 0 Å². The van der Waals surface area contributed by atoms with E-state index in [1.165, 1.54) is 12.8 Å². The second-order valence-corrected chi connectivity index (χ2v) is 3.70. The van der Waals surface area contributed by atoms with Gasteiger partial charge in [-0.05, 0) is 24.1 Å². The maximum absolute atomic E-state index is 9.28. The predicted molar refractivity (Wildman–Crippen MR) is 66.4 cm³/mol. The van der Waals surface area contributed by atoms with Crippen LogP contribution in [0.3, 0.4) is 0 Å². The van der Waals surface area contributed by atoms with Gasteiger partial charge in [-0.2, -0.15) is 0 Å². The van der Waals surface area contributed by atoms with Gasteiger partial charge in [-0.3, -0.25) is 0 Å². The highest BCUT2D eigenvalue weighted by Gasteiger charge is 2.05. The molecule has 1 aromatic carbocycles. The van der Waals surface area contributed by atoms with Gasteiger partial charge in [0.1, 0.15) is 5.75 Å². The molecule has 1 aromatic rings. The molecule has 0 saturated heterocycles. The minimum Gasteiger partial charge on any atom is -0.508 e. The highest BCUT2D eigenvalue weighted by Crippen LogP contribution is 2.20. The zero-order valence-electron chi connectivity index (χ0n) is 9.15. The lowest BCUT2D eigenvalue weighted by Gasteiger charge is -2.11. The summed E-state index contributed by atoms with van der Waals surface area (Å²) in [5.41, 5.74) is 7.02. The highest BCUT2D eigenvalue weighted by molar-refractivity contribution is 5.85. The monoisotopic (exact) mass is 229 g/mol. The van der Waals surface area contributed by atoms with Crippen molar-refractivity contribution in [3.63, 3.8) is 0 Å². The number of phenols is 1. The van der Waals surface area contributed by atoms with E-state index in [0.29, 0.717) is 5.75 Å². The Morgan fingerprint density at radius 1 is 1.33 bits per heavy atom. The quantitative estimate of drug-likeness (QED) is 0.761. The van der Waals surface area contributed by atoms with Crippen molar-refractivity contribution in [1.29, 1.82) is 0 Å². The number of unbranched alkanes of at least 4 members (excludes halogenated alkanes) is 2. The molecular formula is C12H20ClNO. The average Bonchev–Trinajstić information content (AvgIpc) is 2.18. The van der Waals surface area contributed by atoms with Crippen LogP contribution in [0.5, 0.6) is 5.75 Å². The van der Waals surface area contributed by atoms with Crippen LogP contribution in [0.1, 0.15) is 44.2 Å². The molecule has 0 bridgehead atoms.